The number of hydrogen-bond acceptors (Lipinski definition) is 4. The molecule has 2 aliphatic rings. The number of nitrogens with zero attached hydrogens (tertiary/aromatic N) is 1. The topological polar surface area (TPSA) is 84.7 Å². The van der Waals surface area contributed by atoms with Crippen LogP contribution in [0, 0.1) is 0 Å². The zero-order valence-corrected chi connectivity index (χ0v) is 10.1. The normalized spacial score (nSPS) is 26.2. The molecule has 0 aromatic heterocycles. The zero-order chi connectivity index (χ0) is 12.5. The lowest BCUT2D eigenvalue weighted by Crippen LogP contribution is -2.59. The minimum absolute atomic E-state index is 0.0184. The third kappa shape index (κ3) is 2.36. The number of hydrogen-bond donors (Lipinski definition) is 2. The Bertz CT molecular complexity index is 328. The Kier molecular flexibility index (Phi) is 3.24. The summed E-state index contributed by atoms with van der Waals surface area (Å²) in [5.74, 6) is 0.0258. The van der Waals surface area contributed by atoms with E-state index in [4.69, 9.17) is 5.73 Å². The molecule has 1 aliphatic carbocycles. The van der Waals surface area contributed by atoms with Gasteiger partial charge in [-0.2, -0.15) is 0 Å². The number of rotatable bonds is 2. The van der Waals surface area contributed by atoms with E-state index in [1.807, 2.05) is 0 Å². The first-order chi connectivity index (χ1) is 8.05. The fourth-order valence-electron chi connectivity index (χ4n) is 2.37. The number of nitrogens with one attached hydrogen (secondary N) is 1. The summed E-state index contributed by atoms with van der Waals surface area (Å²) in [5, 5.41) is 2.70. The van der Waals surface area contributed by atoms with Gasteiger partial charge in [0.1, 0.15) is 0 Å². The molecule has 2 amide bonds. The van der Waals surface area contributed by atoms with Crippen molar-refractivity contribution >= 4 is 12.0 Å². The van der Waals surface area contributed by atoms with Gasteiger partial charge in [0.25, 0.3) is 0 Å². The maximum absolute atomic E-state index is 12.1. The number of methoxy groups -OCH3 is 1. The molecule has 0 aromatic carbocycles. The van der Waals surface area contributed by atoms with Gasteiger partial charge in [0.2, 0.25) is 5.91 Å². The smallest absolute Gasteiger partial charge is 0.407 e. The Labute approximate surface area is 100 Å². The molecular formula is C11H19N3O3. The Morgan fingerprint density at radius 1 is 1.47 bits per heavy atom. The van der Waals surface area contributed by atoms with Crippen molar-refractivity contribution in [1.29, 1.82) is 0 Å². The SMILES string of the molecule is COC(=O)NC1CCN(C(=O)C2(N)CCC2)C1. The molecule has 1 aliphatic heterocycles. The molecule has 0 aromatic rings. The van der Waals surface area contributed by atoms with Gasteiger partial charge in [0.15, 0.2) is 0 Å². The molecule has 3 N–H and O–H groups in total. The zero-order valence-electron chi connectivity index (χ0n) is 10.1. The third-order valence-corrected chi connectivity index (χ3v) is 3.65. The van der Waals surface area contributed by atoms with Crippen LogP contribution in [0.25, 0.3) is 0 Å². The van der Waals surface area contributed by atoms with Crippen LogP contribution in [0.15, 0.2) is 0 Å². The lowest BCUT2D eigenvalue weighted by atomic mass is 9.76. The van der Waals surface area contributed by atoms with Crippen molar-refractivity contribution in [2.75, 3.05) is 20.2 Å². The van der Waals surface area contributed by atoms with E-state index >= 15 is 0 Å². The van der Waals surface area contributed by atoms with Crippen LogP contribution in [0.1, 0.15) is 25.7 Å². The highest BCUT2D eigenvalue weighted by atomic mass is 16.5. The predicted octanol–water partition coefficient (Wildman–Crippen LogP) is -0.175. The molecule has 0 bridgehead atoms. The molecule has 1 heterocycles. The van der Waals surface area contributed by atoms with Crippen molar-refractivity contribution in [3.63, 3.8) is 0 Å². The van der Waals surface area contributed by atoms with Gasteiger partial charge in [0.05, 0.1) is 18.7 Å². The number of carbonyl (C=O) groups excluding carboxylic acids is 2. The Morgan fingerprint density at radius 3 is 2.71 bits per heavy atom. The predicted molar refractivity (Wildman–Crippen MR) is 61.3 cm³/mol. The lowest BCUT2D eigenvalue weighted by molar-refractivity contribution is -0.139. The van der Waals surface area contributed by atoms with Crippen molar-refractivity contribution in [2.24, 2.45) is 5.73 Å². The van der Waals surface area contributed by atoms with Gasteiger partial charge in [-0.15, -0.1) is 0 Å². The summed E-state index contributed by atoms with van der Waals surface area (Å²) in [6.45, 7) is 1.19. The number of likely N-dealkylation sites (tertiary alicyclic amines) is 1. The summed E-state index contributed by atoms with van der Waals surface area (Å²) in [4.78, 5) is 24.9. The van der Waals surface area contributed by atoms with E-state index in [0.29, 0.717) is 13.1 Å². The lowest BCUT2D eigenvalue weighted by Gasteiger charge is -2.39. The molecule has 1 atom stereocenters. The van der Waals surface area contributed by atoms with Crippen molar-refractivity contribution in [3.8, 4) is 0 Å². The Hall–Kier alpha value is -1.30. The second kappa shape index (κ2) is 4.52. The number of nitrogens with two attached hydrogens (primary N) is 1. The molecule has 6 heteroatoms. The van der Waals surface area contributed by atoms with E-state index in [2.05, 4.69) is 10.1 Å². The Balaban J connectivity index is 1.85. The van der Waals surface area contributed by atoms with E-state index in [0.717, 1.165) is 25.7 Å². The maximum Gasteiger partial charge on any atom is 0.407 e. The Morgan fingerprint density at radius 2 is 2.18 bits per heavy atom. The molecular weight excluding hydrogens is 222 g/mol. The first-order valence-electron chi connectivity index (χ1n) is 5.98. The standard InChI is InChI=1S/C11H19N3O3/c1-17-10(16)13-8-3-6-14(7-8)9(15)11(12)4-2-5-11/h8H,2-7,12H2,1H3,(H,13,16). The average Bonchev–Trinajstić information content (AvgIpc) is 2.73. The molecule has 1 saturated heterocycles. The highest BCUT2D eigenvalue weighted by Crippen LogP contribution is 2.31. The molecule has 17 heavy (non-hydrogen) atoms. The van der Waals surface area contributed by atoms with Crippen LogP contribution in [-0.2, 0) is 9.53 Å². The fourth-order valence-corrected chi connectivity index (χ4v) is 2.37. The molecule has 1 unspecified atom stereocenters. The highest BCUT2D eigenvalue weighted by molar-refractivity contribution is 5.87. The molecule has 96 valence electrons. The second-order valence-corrected chi connectivity index (χ2v) is 4.88. The van der Waals surface area contributed by atoms with Gasteiger partial charge < -0.3 is 20.7 Å². The summed E-state index contributed by atoms with van der Waals surface area (Å²) in [6.07, 6.45) is 2.89. The third-order valence-electron chi connectivity index (χ3n) is 3.65. The summed E-state index contributed by atoms with van der Waals surface area (Å²) >= 11 is 0. The van der Waals surface area contributed by atoms with Gasteiger partial charge in [-0.25, -0.2) is 4.79 Å². The minimum atomic E-state index is -0.639. The molecule has 0 radical (unpaired) electrons. The number of carbonyl (C=O) groups is 2. The van der Waals surface area contributed by atoms with E-state index in [1.165, 1.54) is 7.11 Å². The van der Waals surface area contributed by atoms with Crippen LogP contribution in [0.3, 0.4) is 0 Å². The number of alkyl carbamates (subject to hydrolysis) is 1. The minimum Gasteiger partial charge on any atom is -0.453 e. The fraction of sp³-hybridized carbons (Fsp3) is 0.818. The molecule has 2 rings (SSSR count). The monoisotopic (exact) mass is 241 g/mol. The van der Waals surface area contributed by atoms with Gasteiger partial charge in [0, 0.05) is 13.1 Å². The van der Waals surface area contributed by atoms with Crippen LogP contribution in [0.2, 0.25) is 0 Å². The van der Waals surface area contributed by atoms with Crippen LogP contribution in [0.4, 0.5) is 4.79 Å². The number of ether oxygens (including phenoxy) is 1. The summed E-state index contributed by atoms with van der Waals surface area (Å²) in [6, 6.07) is -0.0184. The van der Waals surface area contributed by atoms with Crippen molar-refractivity contribution in [1.82, 2.24) is 10.2 Å². The van der Waals surface area contributed by atoms with E-state index in [9.17, 15) is 9.59 Å². The molecule has 6 nitrogen and oxygen atoms in total. The summed E-state index contributed by atoms with van der Waals surface area (Å²) in [5.41, 5.74) is 5.36. The quantitative estimate of drug-likeness (QED) is 0.702. The number of amides is 2. The maximum atomic E-state index is 12.1. The van der Waals surface area contributed by atoms with E-state index in [-0.39, 0.29) is 11.9 Å². The van der Waals surface area contributed by atoms with Crippen molar-refractivity contribution in [2.45, 2.75) is 37.3 Å². The van der Waals surface area contributed by atoms with Gasteiger partial charge in [-0.05, 0) is 25.7 Å². The van der Waals surface area contributed by atoms with Gasteiger partial charge in [-0.3, -0.25) is 4.79 Å². The largest absolute Gasteiger partial charge is 0.453 e. The van der Waals surface area contributed by atoms with Crippen LogP contribution in [0.5, 0.6) is 0 Å². The van der Waals surface area contributed by atoms with Gasteiger partial charge >= 0.3 is 6.09 Å². The van der Waals surface area contributed by atoms with Crippen LogP contribution >= 0.6 is 0 Å². The summed E-state index contributed by atoms with van der Waals surface area (Å²) in [7, 11) is 1.33. The van der Waals surface area contributed by atoms with E-state index < -0.39 is 11.6 Å². The van der Waals surface area contributed by atoms with Gasteiger partial charge in [-0.1, -0.05) is 0 Å². The first-order valence-corrected chi connectivity index (χ1v) is 5.98. The molecule has 1 saturated carbocycles. The molecule has 0 spiro atoms. The van der Waals surface area contributed by atoms with Crippen molar-refractivity contribution < 1.29 is 14.3 Å². The van der Waals surface area contributed by atoms with Crippen LogP contribution in [-0.4, -0.2) is 48.7 Å². The highest BCUT2D eigenvalue weighted by Gasteiger charge is 2.44. The van der Waals surface area contributed by atoms with E-state index in [1.54, 1.807) is 4.90 Å². The average molecular weight is 241 g/mol. The first kappa shape index (κ1) is 12.2. The molecule has 2 fully saturated rings. The summed E-state index contributed by atoms with van der Waals surface area (Å²) < 4.78 is 4.53. The van der Waals surface area contributed by atoms with Crippen molar-refractivity contribution in [3.05, 3.63) is 0 Å². The van der Waals surface area contributed by atoms with Crippen LogP contribution < -0.4 is 11.1 Å². The second-order valence-electron chi connectivity index (χ2n) is 4.88.